The molecule has 0 radical (unpaired) electrons. The molecule has 0 unspecified atom stereocenters. The van der Waals surface area contributed by atoms with Gasteiger partial charge in [0.15, 0.2) is 5.75 Å². The second-order valence-corrected chi connectivity index (χ2v) is 15.1. The third-order valence-corrected chi connectivity index (χ3v) is 12.0. The molecule has 0 saturated carbocycles. The van der Waals surface area contributed by atoms with E-state index >= 15 is 0 Å². The van der Waals surface area contributed by atoms with Crippen molar-refractivity contribution in [1.29, 1.82) is 0 Å². The molecule has 0 fully saturated rings. The molecule has 0 N–H and O–H groups in total. The van der Waals surface area contributed by atoms with Crippen molar-refractivity contribution in [2.45, 2.75) is 0 Å². The third-order valence-electron chi connectivity index (χ3n) is 10.9. The summed E-state index contributed by atoms with van der Waals surface area (Å²) in [6, 6.07) is 72.0. The van der Waals surface area contributed by atoms with Crippen LogP contribution in [0.5, 0.6) is 11.5 Å². The number of para-hydroxylation sites is 1. The zero-order chi connectivity index (χ0) is 36.3. The maximum atomic E-state index is 7.45. The summed E-state index contributed by atoms with van der Waals surface area (Å²) in [6.45, 7) is 0. The second kappa shape index (κ2) is 12.9. The molecule has 0 spiro atoms. The molecule has 1 aliphatic rings. The Morgan fingerprint density at radius 3 is 1.78 bits per heavy atom. The van der Waals surface area contributed by atoms with Gasteiger partial charge in [-0.15, -0.1) is 11.3 Å². The molecule has 0 aliphatic carbocycles. The van der Waals surface area contributed by atoms with Crippen molar-refractivity contribution in [3.63, 3.8) is 0 Å². The van der Waals surface area contributed by atoms with Crippen molar-refractivity contribution in [3.05, 3.63) is 200 Å². The standard InChI is InChI=1S/C52H33NOS/c1-3-16-34(17-4-1)38-21-11-13-27-45(38)53(37-30-31-42-41-23-12-14-29-48(41)55-49(42)33-37)46-32-36-20-7-8-22-40(36)51-44-25-10-9-24-43(44)50-39(35-18-5-2-6-19-35)26-15-28-47(50)54-52(46)51/h1-33H. The van der Waals surface area contributed by atoms with Crippen LogP contribution >= 0.6 is 11.3 Å². The van der Waals surface area contributed by atoms with Crippen LogP contribution in [-0.4, -0.2) is 0 Å². The normalized spacial score (nSPS) is 11.8. The molecule has 55 heavy (non-hydrogen) atoms. The molecule has 2 heterocycles. The number of nitrogens with zero attached hydrogens (tertiary/aromatic N) is 1. The highest BCUT2D eigenvalue weighted by Crippen LogP contribution is 2.57. The quantitative estimate of drug-likeness (QED) is 0.176. The Morgan fingerprint density at radius 2 is 0.982 bits per heavy atom. The fraction of sp³-hybridized carbons (Fsp3) is 0. The van der Waals surface area contributed by atoms with Gasteiger partial charge < -0.3 is 9.64 Å². The number of thiophene rings is 1. The highest BCUT2D eigenvalue weighted by atomic mass is 32.1. The van der Waals surface area contributed by atoms with E-state index in [1.54, 1.807) is 0 Å². The number of benzene rings is 9. The minimum absolute atomic E-state index is 0.828. The lowest BCUT2D eigenvalue weighted by Gasteiger charge is -2.31. The fourth-order valence-corrected chi connectivity index (χ4v) is 9.56. The van der Waals surface area contributed by atoms with Gasteiger partial charge in [-0.25, -0.2) is 0 Å². The molecule has 0 atom stereocenters. The summed E-state index contributed by atoms with van der Waals surface area (Å²) in [7, 11) is 0. The van der Waals surface area contributed by atoms with E-state index in [1.165, 1.54) is 20.2 Å². The molecular formula is C52H33NOS. The molecule has 10 aromatic rings. The van der Waals surface area contributed by atoms with E-state index in [4.69, 9.17) is 4.74 Å². The van der Waals surface area contributed by atoms with Gasteiger partial charge >= 0.3 is 0 Å². The lowest BCUT2D eigenvalue weighted by Crippen LogP contribution is -2.13. The number of hydrogen-bond donors (Lipinski definition) is 0. The zero-order valence-corrected chi connectivity index (χ0v) is 30.6. The SMILES string of the molecule is c1ccc(-c2ccccc2N(c2ccc3c(c2)sc2ccccc23)c2cc3ccccc3c3c2Oc2cccc(-c4ccccc4)c2-c2ccccc2-3)cc1. The molecule has 258 valence electrons. The monoisotopic (exact) mass is 719 g/mol. The fourth-order valence-electron chi connectivity index (χ4n) is 8.42. The van der Waals surface area contributed by atoms with Crippen LogP contribution in [-0.2, 0) is 0 Å². The number of anilines is 3. The van der Waals surface area contributed by atoms with Crippen molar-refractivity contribution in [3.8, 4) is 56.0 Å². The number of rotatable bonds is 5. The van der Waals surface area contributed by atoms with E-state index < -0.39 is 0 Å². The summed E-state index contributed by atoms with van der Waals surface area (Å²) >= 11 is 1.84. The molecule has 0 bridgehead atoms. The Bertz CT molecular complexity index is 3070. The predicted molar refractivity (Wildman–Crippen MR) is 233 cm³/mol. The molecule has 0 amide bonds. The minimum Gasteiger partial charge on any atom is -0.454 e. The summed E-state index contributed by atoms with van der Waals surface area (Å²) in [5.41, 5.74) is 12.2. The first kappa shape index (κ1) is 31.6. The Morgan fingerprint density at radius 1 is 0.382 bits per heavy atom. The molecule has 3 heteroatoms. The van der Waals surface area contributed by atoms with Crippen molar-refractivity contribution in [2.75, 3.05) is 4.90 Å². The topological polar surface area (TPSA) is 12.5 Å². The van der Waals surface area contributed by atoms with E-state index in [1.807, 2.05) is 11.3 Å². The van der Waals surface area contributed by atoms with Crippen LogP contribution in [0, 0.1) is 0 Å². The van der Waals surface area contributed by atoms with Crippen LogP contribution in [0.2, 0.25) is 0 Å². The Balaban J connectivity index is 1.25. The summed E-state index contributed by atoms with van der Waals surface area (Å²) in [4.78, 5) is 2.42. The van der Waals surface area contributed by atoms with E-state index in [0.717, 1.165) is 83.8 Å². The maximum Gasteiger partial charge on any atom is 0.159 e. The van der Waals surface area contributed by atoms with Gasteiger partial charge in [-0.1, -0.05) is 164 Å². The average molecular weight is 720 g/mol. The number of fused-ring (bicyclic) bond motifs is 10. The first-order chi connectivity index (χ1) is 27.3. The van der Waals surface area contributed by atoms with Crippen LogP contribution in [0.25, 0.3) is 75.5 Å². The lowest BCUT2D eigenvalue weighted by atomic mass is 9.87. The molecule has 2 nitrogen and oxygen atoms in total. The summed E-state index contributed by atoms with van der Waals surface area (Å²) in [6.07, 6.45) is 0. The van der Waals surface area contributed by atoms with Gasteiger partial charge in [-0.3, -0.25) is 0 Å². The first-order valence-corrected chi connectivity index (χ1v) is 19.5. The van der Waals surface area contributed by atoms with Crippen LogP contribution in [0.15, 0.2) is 200 Å². The van der Waals surface area contributed by atoms with Crippen LogP contribution in [0.4, 0.5) is 17.1 Å². The minimum atomic E-state index is 0.828. The Kier molecular flexibility index (Phi) is 7.39. The van der Waals surface area contributed by atoms with Gasteiger partial charge in [0.05, 0.1) is 11.4 Å². The highest BCUT2D eigenvalue weighted by Gasteiger charge is 2.31. The summed E-state index contributed by atoms with van der Waals surface area (Å²) in [5, 5.41) is 4.86. The van der Waals surface area contributed by atoms with Gasteiger partial charge in [0, 0.05) is 42.6 Å². The molecule has 11 rings (SSSR count). The second-order valence-electron chi connectivity index (χ2n) is 14.0. The van der Waals surface area contributed by atoms with Gasteiger partial charge in [0.2, 0.25) is 0 Å². The van der Waals surface area contributed by atoms with Crippen molar-refractivity contribution in [2.24, 2.45) is 0 Å². The van der Waals surface area contributed by atoms with Gasteiger partial charge in [0.1, 0.15) is 5.75 Å². The zero-order valence-electron chi connectivity index (χ0n) is 29.8. The molecular weight excluding hydrogens is 687 g/mol. The average Bonchev–Trinajstić information content (AvgIpc) is 3.55. The van der Waals surface area contributed by atoms with Gasteiger partial charge in [0.25, 0.3) is 0 Å². The number of ether oxygens (including phenoxy) is 1. The molecule has 0 saturated heterocycles. The van der Waals surface area contributed by atoms with Crippen LogP contribution in [0.3, 0.4) is 0 Å². The molecule has 1 aromatic heterocycles. The third kappa shape index (κ3) is 5.16. The van der Waals surface area contributed by atoms with Gasteiger partial charge in [-0.2, -0.15) is 0 Å². The number of hydrogen-bond acceptors (Lipinski definition) is 3. The Hall–Kier alpha value is -6.94. The van der Waals surface area contributed by atoms with E-state index in [0.29, 0.717) is 0 Å². The van der Waals surface area contributed by atoms with E-state index in [-0.39, 0.29) is 0 Å². The molecule has 1 aliphatic heterocycles. The van der Waals surface area contributed by atoms with Crippen molar-refractivity contribution >= 4 is 59.3 Å². The maximum absolute atomic E-state index is 7.45. The summed E-state index contributed by atoms with van der Waals surface area (Å²) < 4.78 is 9.99. The van der Waals surface area contributed by atoms with E-state index in [2.05, 4.69) is 205 Å². The van der Waals surface area contributed by atoms with Crippen LogP contribution in [0.1, 0.15) is 0 Å². The summed E-state index contributed by atoms with van der Waals surface area (Å²) in [5.74, 6) is 1.66. The lowest BCUT2D eigenvalue weighted by molar-refractivity contribution is 0.489. The molecule has 9 aromatic carbocycles. The smallest absolute Gasteiger partial charge is 0.159 e. The first-order valence-electron chi connectivity index (χ1n) is 18.7. The van der Waals surface area contributed by atoms with Gasteiger partial charge in [-0.05, 0) is 75.0 Å². The highest BCUT2D eigenvalue weighted by molar-refractivity contribution is 7.25. The van der Waals surface area contributed by atoms with Crippen molar-refractivity contribution in [1.82, 2.24) is 0 Å². The predicted octanol–water partition coefficient (Wildman–Crippen LogP) is 15.5. The van der Waals surface area contributed by atoms with Crippen LogP contribution < -0.4 is 9.64 Å². The van der Waals surface area contributed by atoms with E-state index in [9.17, 15) is 0 Å². The largest absolute Gasteiger partial charge is 0.454 e. The van der Waals surface area contributed by atoms with Crippen molar-refractivity contribution < 1.29 is 4.74 Å². The Labute approximate surface area is 323 Å².